The molecule has 126 valence electrons. The Morgan fingerprint density at radius 3 is 3.04 bits per heavy atom. The van der Waals surface area contributed by atoms with Crippen LogP contribution in [-0.2, 0) is 6.54 Å². The van der Waals surface area contributed by atoms with Crippen molar-refractivity contribution in [2.75, 3.05) is 13.7 Å². The number of carbonyl (C=O) groups is 1. The molecule has 0 fully saturated rings. The van der Waals surface area contributed by atoms with Crippen LogP contribution < -0.4 is 4.74 Å². The van der Waals surface area contributed by atoms with Crippen LogP contribution in [0.5, 0.6) is 5.75 Å². The Kier molecular flexibility index (Phi) is 3.89. The summed E-state index contributed by atoms with van der Waals surface area (Å²) in [6.07, 6.45) is 3.23. The fourth-order valence-electron chi connectivity index (χ4n) is 3.17. The predicted octanol–water partition coefficient (Wildman–Crippen LogP) is 2.00. The summed E-state index contributed by atoms with van der Waals surface area (Å²) in [6.45, 7) is 1.01. The first-order valence-electron chi connectivity index (χ1n) is 7.99. The minimum Gasteiger partial charge on any atom is -0.497 e. The van der Waals surface area contributed by atoms with E-state index in [4.69, 9.17) is 4.74 Å². The van der Waals surface area contributed by atoms with E-state index in [2.05, 4.69) is 20.2 Å². The van der Waals surface area contributed by atoms with Crippen molar-refractivity contribution in [3.63, 3.8) is 0 Å². The molecule has 0 saturated carbocycles. The number of hydrogen-bond acceptors (Lipinski definition) is 5. The van der Waals surface area contributed by atoms with Crippen LogP contribution in [0.15, 0.2) is 48.9 Å². The van der Waals surface area contributed by atoms with Gasteiger partial charge >= 0.3 is 0 Å². The third-order valence-corrected chi connectivity index (χ3v) is 4.41. The SMILES string of the molecule is COc1cccc(C2CN(C(=O)c3cccnn3)Cc3[nH]cnc32)c1. The van der Waals surface area contributed by atoms with Crippen molar-refractivity contribution >= 4 is 5.91 Å². The van der Waals surface area contributed by atoms with E-state index >= 15 is 0 Å². The minimum absolute atomic E-state index is 0.0225. The highest BCUT2D eigenvalue weighted by Crippen LogP contribution is 2.33. The number of nitrogens with zero attached hydrogens (tertiary/aromatic N) is 4. The molecule has 0 aliphatic carbocycles. The highest BCUT2D eigenvalue weighted by Gasteiger charge is 2.32. The minimum atomic E-state index is -0.138. The zero-order valence-corrected chi connectivity index (χ0v) is 13.7. The Balaban J connectivity index is 1.69. The van der Waals surface area contributed by atoms with Crippen LogP contribution in [0.25, 0.3) is 0 Å². The molecule has 0 radical (unpaired) electrons. The van der Waals surface area contributed by atoms with Gasteiger partial charge in [-0.25, -0.2) is 4.98 Å². The third-order valence-electron chi connectivity index (χ3n) is 4.41. The fraction of sp³-hybridized carbons (Fsp3) is 0.222. The number of amides is 1. The number of carbonyl (C=O) groups excluding carboxylic acids is 1. The van der Waals surface area contributed by atoms with Gasteiger partial charge in [0.05, 0.1) is 31.4 Å². The quantitative estimate of drug-likeness (QED) is 0.791. The van der Waals surface area contributed by atoms with E-state index in [1.807, 2.05) is 24.3 Å². The molecule has 0 bridgehead atoms. The molecule has 1 N–H and O–H groups in total. The lowest BCUT2D eigenvalue weighted by atomic mass is 9.90. The standard InChI is InChI=1S/C18H17N5O2/c1-25-13-5-2-4-12(8-13)14-9-23(10-16-17(14)20-11-19-16)18(24)15-6-3-7-21-22-15/h2-8,11,14H,9-10H2,1H3,(H,19,20). The Hall–Kier alpha value is -3.22. The summed E-state index contributed by atoms with van der Waals surface area (Å²) in [4.78, 5) is 22.2. The van der Waals surface area contributed by atoms with Gasteiger partial charge in [0.2, 0.25) is 0 Å². The van der Waals surface area contributed by atoms with Gasteiger partial charge in [0.1, 0.15) is 5.75 Å². The summed E-state index contributed by atoms with van der Waals surface area (Å²) < 4.78 is 5.33. The first-order chi connectivity index (χ1) is 12.3. The highest BCUT2D eigenvalue weighted by molar-refractivity contribution is 5.92. The molecule has 1 unspecified atom stereocenters. The number of ether oxygens (including phenoxy) is 1. The van der Waals surface area contributed by atoms with Gasteiger partial charge in [-0.05, 0) is 29.8 Å². The maximum Gasteiger partial charge on any atom is 0.274 e. The third kappa shape index (κ3) is 2.84. The first kappa shape index (κ1) is 15.3. The summed E-state index contributed by atoms with van der Waals surface area (Å²) in [5, 5.41) is 7.74. The van der Waals surface area contributed by atoms with Gasteiger partial charge in [-0.1, -0.05) is 12.1 Å². The van der Waals surface area contributed by atoms with Gasteiger partial charge in [-0.2, -0.15) is 5.10 Å². The number of imidazole rings is 1. The molecule has 3 aromatic rings. The molecule has 1 aliphatic heterocycles. The van der Waals surface area contributed by atoms with Crippen molar-refractivity contribution in [2.45, 2.75) is 12.5 Å². The molecule has 25 heavy (non-hydrogen) atoms. The van der Waals surface area contributed by atoms with E-state index in [0.29, 0.717) is 18.8 Å². The summed E-state index contributed by atoms with van der Waals surface area (Å²) in [6, 6.07) is 11.3. The van der Waals surface area contributed by atoms with Crippen LogP contribution in [0, 0.1) is 0 Å². The molecule has 1 aliphatic rings. The average Bonchev–Trinajstić information content (AvgIpc) is 3.16. The van der Waals surface area contributed by atoms with E-state index in [-0.39, 0.29) is 11.8 Å². The molecule has 2 aromatic heterocycles. The molecular formula is C18H17N5O2. The molecule has 7 heteroatoms. The van der Waals surface area contributed by atoms with Gasteiger partial charge in [-0.15, -0.1) is 5.10 Å². The smallest absolute Gasteiger partial charge is 0.274 e. The molecule has 0 spiro atoms. The van der Waals surface area contributed by atoms with Crippen LogP contribution in [0.4, 0.5) is 0 Å². The van der Waals surface area contributed by atoms with Gasteiger partial charge in [0.25, 0.3) is 5.91 Å². The van der Waals surface area contributed by atoms with Crippen molar-refractivity contribution in [3.05, 3.63) is 71.6 Å². The predicted molar refractivity (Wildman–Crippen MR) is 90.2 cm³/mol. The second-order valence-electron chi connectivity index (χ2n) is 5.89. The normalized spacial score (nSPS) is 16.4. The van der Waals surface area contributed by atoms with Gasteiger partial charge < -0.3 is 14.6 Å². The Labute approximate surface area is 144 Å². The molecular weight excluding hydrogens is 318 g/mol. The van der Waals surface area contributed by atoms with Crippen molar-refractivity contribution in [3.8, 4) is 5.75 Å². The average molecular weight is 335 g/mol. The van der Waals surface area contributed by atoms with Crippen molar-refractivity contribution in [1.82, 2.24) is 25.1 Å². The number of H-pyrrole nitrogens is 1. The molecule has 3 heterocycles. The molecule has 1 aromatic carbocycles. The number of benzene rings is 1. The molecule has 0 saturated heterocycles. The van der Waals surface area contributed by atoms with Gasteiger partial charge in [0, 0.05) is 18.7 Å². The number of methoxy groups -OCH3 is 1. The number of aromatic nitrogens is 4. The molecule has 1 amide bonds. The highest BCUT2D eigenvalue weighted by atomic mass is 16.5. The molecule has 4 rings (SSSR count). The second-order valence-corrected chi connectivity index (χ2v) is 5.89. The van der Waals surface area contributed by atoms with E-state index < -0.39 is 0 Å². The zero-order chi connectivity index (χ0) is 17.2. The first-order valence-corrected chi connectivity index (χ1v) is 7.99. The van der Waals surface area contributed by atoms with Crippen LogP contribution in [0.1, 0.15) is 33.4 Å². The fourth-order valence-corrected chi connectivity index (χ4v) is 3.17. The molecule has 1 atom stereocenters. The van der Waals surface area contributed by atoms with E-state index in [1.54, 1.807) is 36.7 Å². The zero-order valence-electron chi connectivity index (χ0n) is 13.7. The Morgan fingerprint density at radius 2 is 2.24 bits per heavy atom. The number of fused-ring (bicyclic) bond motifs is 1. The van der Waals surface area contributed by atoms with E-state index in [1.165, 1.54) is 0 Å². The molecule has 7 nitrogen and oxygen atoms in total. The lowest BCUT2D eigenvalue weighted by Crippen LogP contribution is -2.39. The topological polar surface area (TPSA) is 84.0 Å². The Morgan fingerprint density at radius 1 is 1.32 bits per heavy atom. The van der Waals surface area contributed by atoms with Crippen molar-refractivity contribution < 1.29 is 9.53 Å². The largest absolute Gasteiger partial charge is 0.497 e. The number of aromatic amines is 1. The van der Waals surface area contributed by atoms with Crippen LogP contribution in [-0.4, -0.2) is 44.6 Å². The monoisotopic (exact) mass is 335 g/mol. The summed E-state index contributed by atoms with van der Waals surface area (Å²) in [5.74, 6) is 0.624. The van der Waals surface area contributed by atoms with Gasteiger partial charge in [0.15, 0.2) is 5.69 Å². The van der Waals surface area contributed by atoms with Gasteiger partial charge in [-0.3, -0.25) is 4.79 Å². The maximum atomic E-state index is 12.8. The Bertz CT molecular complexity index is 893. The lowest BCUT2D eigenvalue weighted by molar-refractivity contribution is 0.0714. The van der Waals surface area contributed by atoms with E-state index in [9.17, 15) is 4.79 Å². The summed E-state index contributed by atoms with van der Waals surface area (Å²) in [7, 11) is 1.64. The van der Waals surface area contributed by atoms with E-state index in [0.717, 1.165) is 22.7 Å². The summed E-state index contributed by atoms with van der Waals surface area (Å²) in [5.41, 5.74) is 3.31. The van der Waals surface area contributed by atoms with Crippen LogP contribution >= 0.6 is 0 Å². The van der Waals surface area contributed by atoms with Crippen molar-refractivity contribution in [1.29, 1.82) is 0 Å². The second kappa shape index (κ2) is 6.35. The number of nitrogens with one attached hydrogen (secondary N) is 1. The lowest BCUT2D eigenvalue weighted by Gasteiger charge is -2.32. The van der Waals surface area contributed by atoms with Crippen molar-refractivity contribution in [2.24, 2.45) is 0 Å². The number of rotatable bonds is 3. The number of hydrogen-bond donors (Lipinski definition) is 1. The van der Waals surface area contributed by atoms with Crippen LogP contribution in [0.2, 0.25) is 0 Å². The maximum absolute atomic E-state index is 12.8. The summed E-state index contributed by atoms with van der Waals surface area (Å²) >= 11 is 0. The van der Waals surface area contributed by atoms with Crippen LogP contribution in [0.3, 0.4) is 0 Å².